The molecule has 3 nitrogen and oxygen atoms in total. The molecule has 0 fully saturated rings. The Bertz CT molecular complexity index is 526. The number of hydrogen-bond acceptors (Lipinski definition) is 3. The summed E-state index contributed by atoms with van der Waals surface area (Å²) in [5.74, 6) is 1.17. The van der Waals surface area contributed by atoms with Gasteiger partial charge in [0.05, 0.1) is 5.02 Å². The lowest BCUT2D eigenvalue weighted by Crippen LogP contribution is -2.05. The molecule has 0 aliphatic carbocycles. The van der Waals surface area contributed by atoms with Crippen molar-refractivity contribution in [3.8, 4) is 11.6 Å². The van der Waals surface area contributed by atoms with Crippen molar-refractivity contribution in [2.24, 2.45) is 0 Å². The smallest absolute Gasteiger partial charge is 0.219 e. The van der Waals surface area contributed by atoms with E-state index < -0.39 is 0 Å². The second-order valence-electron chi connectivity index (χ2n) is 4.07. The van der Waals surface area contributed by atoms with Gasteiger partial charge in [-0.1, -0.05) is 23.7 Å². The van der Waals surface area contributed by atoms with Crippen molar-refractivity contribution in [2.75, 3.05) is 7.05 Å². The van der Waals surface area contributed by atoms with E-state index in [1.807, 2.05) is 44.3 Å². The van der Waals surface area contributed by atoms with E-state index in [1.165, 1.54) is 0 Å². The summed E-state index contributed by atoms with van der Waals surface area (Å²) in [6, 6.07) is 9.47. The molecule has 0 aliphatic heterocycles. The topological polar surface area (TPSA) is 34.1 Å². The minimum atomic E-state index is 0.544. The van der Waals surface area contributed by atoms with Crippen LogP contribution in [0.15, 0.2) is 36.5 Å². The Kier molecular flexibility index (Phi) is 4.18. The van der Waals surface area contributed by atoms with Gasteiger partial charge >= 0.3 is 0 Å². The van der Waals surface area contributed by atoms with Crippen molar-refractivity contribution in [3.63, 3.8) is 0 Å². The lowest BCUT2D eigenvalue weighted by Gasteiger charge is -2.08. The van der Waals surface area contributed by atoms with Gasteiger partial charge in [-0.05, 0) is 37.2 Å². The number of hydrogen-bond donors (Lipinski definition) is 1. The first-order valence-corrected chi connectivity index (χ1v) is 6.10. The quantitative estimate of drug-likeness (QED) is 0.915. The van der Waals surface area contributed by atoms with Crippen molar-refractivity contribution in [2.45, 2.75) is 13.5 Å². The largest absolute Gasteiger partial charge is 0.437 e. The number of aromatic nitrogens is 1. The van der Waals surface area contributed by atoms with Crippen LogP contribution in [0.25, 0.3) is 0 Å². The number of benzene rings is 1. The van der Waals surface area contributed by atoms with Crippen molar-refractivity contribution < 1.29 is 4.74 Å². The number of pyridine rings is 1. The van der Waals surface area contributed by atoms with Crippen LogP contribution in [0.1, 0.15) is 11.1 Å². The highest BCUT2D eigenvalue weighted by molar-refractivity contribution is 6.32. The van der Waals surface area contributed by atoms with Crippen LogP contribution < -0.4 is 10.1 Å². The number of ether oxygens (including phenoxy) is 1. The van der Waals surface area contributed by atoms with Crippen LogP contribution in [0.4, 0.5) is 0 Å². The van der Waals surface area contributed by atoms with Gasteiger partial charge in [0.2, 0.25) is 5.88 Å². The van der Waals surface area contributed by atoms with E-state index in [0.29, 0.717) is 16.7 Å². The third-order valence-corrected chi connectivity index (χ3v) is 2.79. The van der Waals surface area contributed by atoms with Crippen LogP contribution in [-0.2, 0) is 6.54 Å². The van der Waals surface area contributed by atoms with Crippen LogP contribution in [0.3, 0.4) is 0 Å². The van der Waals surface area contributed by atoms with Crippen molar-refractivity contribution in [3.05, 3.63) is 52.7 Å². The molecule has 1 N–H and O–H groups in total. The fourth-order valence-electron chi connectivity index (χ4n) is 1.58. The lowest BCUT2D eigenvalue weighted by atomic mass is 10.2. The summed E-state index contributed by atoms with van der Waals surface area (Å²) in [5.41, 5.74) is 2.21. The Labute approximate surface area is 112 Å². The van der Waals surface area contributed by atoms with Gasteiger partial charge < -0.3 is 10.1 Å². The zero-order chi connectivity index (χ0) is 13.0. The molecule has 0 unspecified atom stereocenters. The minimum Gasteiger partial charge on any atom is -0.437 e. The molecule has 0 atom stereocenters. The van der Waals surface area contributed by atoms with Gasteiger partial charge in [0.1, 0.15) is 5.75 Å². The Balaban J connectivity index is 2.15. The standard InChI is InChI=1S/C14H15ClN2O/c1-10-3-5-12(15)13(7-10)18-14-6-4-11(8-16-2)9-17-14/h3-7,9,16H,8H2,1-2H3. The Morgan fingerprint density at radius 3 is 2.78 bits per heavy atom. The average molecular weight is 263 g/mol. The molecule has 0 aliphatic rings. The molecule has 0 radical (unpaired) electrons. The van der Waals surface area contributed by atoms with Crippen LogP contribution in [0.2, 0.25) is 5.02 Å². The number of nitrogens with one attached hydrogen (secondary N) is 1. The second-order valence-corrected chi connectivity index (χ2v) is 4.48. The number of halogens is 1. The third kappa shape index (κ3) is 3.22. The maximum atomic E-state index is 6.06. The molecule has 2 aromatic rings. The summed E-state index contributed by atoms with van der Waals surface area (Å²) >= 11 is 6.06. The first kappa shape index (κ1) is 12.9. The highest BCUT2D eigenvalue weighted by Crippen LogP contribution is 2.29. The molecule has 0 spiro atoms. The second kappa shape index (κ2) is 5.85. The van der Waals surface area contributed by atoms with Crippen LogP contribution in [-0.4, -0.2) is 12.0 Å². The highest BCUT2D eigenvalue weighted by atomic mass is 35.5. The molecule has 0 amide bonds. The van der Waals surface area contributed by atoms with Gasteiger partial charge in [-0.3, -0.25) is 0 Å². The van der Waals surface area contributed by atoms with Gasteiger partial charge in [-0.2, -0.15) is 0 Å². The summed E-state index contributed by atoms with van der Waals surface area (Å²) < 4.78 is 5.66. The first-order chi connectivity index (χ1) is 8.69. The molecule has 2 rings (SSSR count). The molecule has 4 heteroatoms. The monoisotopic (exact) mass is 262 g/mol. The third-order valence-electron chi connectivity index (χ3n) is 2.48. The molecule has 94 valence electrons. The normalized spacial score (nSPS) is 10.4. The van der Waals surface area contributed by atoms with Crippen molar-refractivity contribution in [1.29, 1.82) is 0 Å². The molecule has 1 aromatic heterocycles. The molecule has 1 heterocycles. The van der Waals surface area contributed by atoms with Gasteiger partial charge in [0, 0.05) is 18.8 Å². The summed E-state index contributed by atoms with van der Waals surface area (Å²) in [6.07, 6.45) is 1.79. The Morgan fingerprint density at radius 2 is 2.11 bits per heavy atom. The first-order valence-electron chi connectivity index (χ1n) is 5.72. The molecule has 18 heavy (non-hydrogen) atoms. The van der Waals surface area contributed by atoms with E-state index in [9.17, 15) is 0 Å². The predicted octanol–water partition coefficient (Wildman–Crippen LogP) is 3.56. The molecular weight excluding hydrogens is 248 g/mol. The summed E-state index contributed by atoms with van der Waals surface area (Å²) in [7, 11) is 1.90. The number of aryl methyl sites for hydroxylation is 1. The van der Waals surface area contributed by atoms with Gasteiger partial charge in [-0.25, -0.2) is 4.98 Å². The highest BCUT2D eigenvalue weighted by Gasteiger charge is 2.04. The Hall–Kier alpha value is -1.58. The Morgan fingerprint density at radius 1 is 1.28 bits per heavy atom. The maximum Gasteiger partial charge on any atom is 0.219 e. The van der Waals surface area contributed by atoms with E-state index in [2.05, 4.69) is 10.3 Å². The van der Waals surface area contributed by atoms with Crippen LogP contribution in [0.5, 0.6) is 11.6 Å². The number of rotatable bonds is 4. The fraction of sp³-hybridized carbons (Fsp3) is 0.214. The molecular formula is C14H15ClN2O. The predicted molar refractivity (Wildman–Crippen MR) is 73.3 cm³/mol. The molecule has 0 saturated heterocycles. The van der Waals surface area contributed by atoms with Crippen molar-refractivity contribution in [1.82, 2.24) is 10.3 Å². The van der Waals surface area contributed by atoms with Gasteiger partial charge in [0.25, 0.3) is 0 Å². The number of nitrogens with zero attached hydrogens (tertiary/aromatic N) is 1. The minimum absolute atomic E-state index is 0.544. The van der Waals surface area contributed by atoms with E-state index in [-0.39, 0.29) is 0 Å². The van der Waals surface area contributed by atoms with Gasteiger partial charge in [0.15, 0.2) is 0 Å². The van der Waals surface area contributed by atoms with E-state index >= 15 is 0 Å². The van der Waals surface area contributed by atoms with Crippen LogP contribution in [0, 0.1) is 6.92 Å². The maximum absolute atomic E-state index is 6.06. The summed E-state index contributed by atoms with van der Waals surface area (Å²) in [6.45, 7) is 2.78. The molecule has 0 bridgehead atoms. The molecule has 0 saturated carbocycles. The molecule has 1 aromatic carbocycles. The SMILES string of the molecule is CNCc1ccc(Oc2cc(C)ccc2Cl)nc1. The average Bonchev–Trinajstić information content (AvgIpc) is 2.37. The fourth-order valence-corrected chi connectivity index (χ4v) is 1.74. The lowest BCUT2D eigenvalue weighted by molar-refractivity contribution is 0.462. The van der Waals surface area contributed by atoms with E-state index in [4.69, 9.17) is 16.3 Å². The zero-order valence-corrected chi connectivity index (χ0v) is 11.2. The van der Waals surface area contributed by atoms with Crippen LogP contribution >= 0.6 is 11.6 Å². The van der Waals surface area contributed by atoms with E-state index in [0.717, 1.165) is 17.7 Å². The summed E-state index contributed by atoms with van der Waals surface area (Å²) in [4.78, 5) is 4.24. The van der Waals surface area contributed by atoms with Crippen molar-refractivity contribution >= 4 is 11.6 Å². The zero-order valence-electron chi connectivity index (χ0n) is 10.4. The van der Waals surface area contributed by atoms with Gasteiger partial charge in [-0.15, -0.1) is 0 Å². The summed E-state index contributed by atoms with van der Waals surface area (Å²) in [5, 5.41) is 3.65. The van der Waals surface area contributed by atoms with E-state index in [1.54, 1.807) is 6.20 Å².